The van der Waals surface area contributed by atoms with Crippen LogP contribution in [0, 0.1) is 0 Å². The Balaban J connectivity index is 2.06. The maximum Gasteiger partial charge on any atom is 0.522 e. The number of aliphatic hydroxyl groups excluding tert-OH is 1. The van der Waals surface area contributed by atoms with Gasteiger partial charge < -0.3 is 10.0 Å². The summed E-state index contributed by atoms with van der Waals surface area (Å²) in [5, 5.41) is 9.98. The molecule has 1 atom stereocenters. The lowest BCUT2D eigenvalue weighted by molar-refractivity contribution is -0.323. The van der Waals surface area contributed by atoms with Crippen molar-refractivity contribution < 1.29 is 23.0 Å². The van der Waals surface area contributed by atoms with Crippen molar-refractivity contribution in [2.75, 3.05) is 24.6 Å². The summed E-state index contributed by atoms with van der Waals surface area (Å²) in [6, 6.07) is 7.26. The fourth-order valence-electron chi connectivity index (χ4n) is 2.31. The number of hydrogen-bond donors (Lipinski definition) is 1. The third-order valence-electron chi connectivity index (χ3n) is 3.17. The molecular formula is C13H16F3NO2. The molecule has 1 aliphatic heterocycles. The van der Waals surface area contributed by atoms with Gasteiger partial charge in [0.1, 0.15) is 0 Å². The Bertz CT molecular complexity index is 423. The van der Waals surface area contributed by atoms with E-state index >= 15 is 0 Å². The molecule has 3 nitrogen and oxygen atoms in total. The van der Waals surface area contributed by atoms with E-state index in [0.717, 1.165) is 17.7 Å². The number of fused-ring (bicyclic) bond motifs is 1. The molecule has 0 radical (unpaired) electrons. The largest absolute Gasteiger partial charge is 0.522 e. The zero-order chi connectivity index (χ0) is 13.9. The summed E-state index contributed by atoms with van der Waals surface area (Å²) in [4.78, 5) is 1.83. The van der Waals surface area contributed by atoms with Crippen LogP contribution < -0.4 is 4.90 Å². The molecule has 0 aromatic heterocycles. The normalized spacial score (nSPS) is 20.0. The molecule has 0 amide bonds. The number of hydrogen-bond acceptors (Lipinski definition) is 3. The van der Waals surface area contributed by atoms with Gasteiger partial charge in [-0.05, 0) is 18.9 Å². The molecule has 0 saturated carbocycles. The molecule has 1 unspecified atom stereocenters. The summed E-state index contributed by atoms with van der Waals surface area (Å²) in [7, 11) is 0. The van der Waals surface area contributed by atoms with Crippen molar-refractivity contribution in [3.63, 3.8) is 0 Å². The lowest BCUT2D eigenvalue weighted by atomic mass is 10.0. The predicted octanol–water partition coefficient (Wildman–Crippen LogP) is 2.86. The van der Waals surface area contributed by atoms with Gasteiger partial charge in [0.25, 0.3) is 0 Å². The van der Waals surface area contributed by atoms with Crippen LogP contribution in [-0.4, -0.2) is 31.2 Å². The Morgan fingerprint density at radius 1 is 1.32 bits per heavy atom. The highest BCUT2D eigenvalue weighted by Gasteiger charge is 2.29. The van der Waals surface area contributed by atoms with E-state index < -0.39 is 19.1 Å². The van der Waals surface area contributed by atoms with Crippen molar-refractivity contribution in [2.24, 2.45) is 0 Å². The minimum absolute atomic E-state index is 0.156. The number of benzene rings is 1. The molecule has 19 heavy (non-hydrogen) atoms. The van der Waals surface area contributed by atoms with Crippen LogP contribution in [0.4, 0.5) is 18.9 Å². The molecule has 1 N–H and O–H groups in total. The lowest BCUT2D eigenvalue weighted by Crippen LogP contribution is -2.30. The van der Waals surface area contributed by atoms with Gasteiger partial charge in [-0.3, -0.25) is 4.74 Å². The Morgan fingerprint density at radius 2 is 2.05 bits per heavy atom. The number of alkyl halides is 3. The number of para-hydroxylation sites is 1. The van der Waals surface area contributed by atoms with Gasteiger partial charge >= 0.3 is 6.36 Å². The molecule has 1 aromatic carbocycles. The van der Waals surface area contributed by atoms with E-state index in [0.29, 0.717) is 13.0 Å². The van der Waals surface area contributed by atoms with E-state index in [1.807, 2.05) is 29.2 Å². The Morgan fingerprint density at radius 3 is 2.79 bits per heavy atom. The zero-order valence-electron chi connectivity index (χ0n) is 10.4. The molecule has 1 aromatic rings. The van der Waals surface area contributed by atoms with E-state index in [9.17, 15) is 18.3 Å². The summed E-state index contributed by atoms with van der Waals surface area (Å²) < 4.78 is 39.7. The molecule has 2 rings (SSSR count). The Hall–Kier alpha value is -1.27. The first-order valence-electron chi connectivity index (χ1n) is 6.20. The van der Waals surface area contributed by atoms with Crippen LogP contribution in [0.5, 0.6) is 0 Å². The van der Waals surface area contributed by atoms with Crippen LogP contribution >= 0.6 is 0 Å². The van der Waals surface area contributed by atoms with Gasteiger partial charge in [-0.15, -0.1) is 13.2 Å². The van der Waals surface area contributed by atoms with Crippen LogP contribution in [0.2, 0.25) is 0 Å². The van der Waals surface area contributed by atoms with Crippen LogP contribution in [0.3, 0.4) is 0 Å². The Kier molecular flexibility index (Phi) is 4.31. The fraction of sp³-hybridized carbons (Fsp3) is 0.538. The minimum Gasteiger partial charge on any atom is -0.388 e. The summed E-state index contributed by atoms with van der Waals surface area (Å²) >= 11 is 0. The van der Waals surface area contributed by atoms with Crippen molar-refractivity contribution in [1.82, 2.24) is 0 Å². The second-order valence-corrected chi connectivity index (χ2v) is 4.50. The van der Waals surface area contributed by atoms with Gasteiger partial charge in [0.05, 0.1) is 12.7 Å². The van der Waals surface area contributed by atoms with Crippen molar-refractivity contribution in [1.29, 1.82) is 0 Å². The highest BCUT2D eigenvalue weighted by molar-refractivity contribution is 5.55. The number of halogens is 3. The minimum atomic E-state index is -4.59. The zero-order valence-corrected chi connectivity index (χ0v) is 10.4. The number of ether oxygens (including phenoxy) is 1. The van der Waals surface area contributed by atoms with Gasteiger partial charge in [0.15, 0.2) is 0 Å². The maximum atomic E-state index is 12.0. The highest BCUT2D eigenvalue weighted by atomic mass is 19.4. The van der Waals surface area contributed by atoms with Gasteiger partial charge in [-0.25, -0.2) is 0 Å². The number of nitrogens with zero attached hydrogens (tertiary/aromatic N) is 1. The Labute approximate surface area is 109 Å². The first-order chi connectivity index (χ1) is 8.97. The predicted molar refractivity (Wildman–Crippen MR) is 64.9 cm³/mol. The molecule has 1 heterocycles. The molecule has 1 aliphatic rings. The maximum absolute atomic E-state index is 12.0. The lowest BCUT2D eigenvalue weighted by Gasteiger charge is -2.25. The second kappa shape index (κ2) is 5.79. The summed E-state index contributed by atoms with van der Waals surface area (Å²) in [6.07, 6.45) is -3.79. The summed E-state index contributed by atoms with van der Waals surface area (Å²) in [5.41, 5.74) is 1.56. The highest BCUT2D eigenvalue weighted by Crippen LogP contribution is 2.32. The molecule has 0 fully saturated rings. The smallest absolute Gasteiger partial charge is 0.388 e. The van der Waals surface area contributed by atoms with E-state index in [1.165, 1.54) is 0 Å². The average molecular weight is 275 g/mol. The fourth-order valence-corrected chi connectivity index (χ4v) is 2.31. The van der Waals surface area contributed by atoms with E-state index in [-0.39, 0.29) is 6.54 Å². The van der Waals surface area contributed by atoms with E-state index in [4.69, 9.17) is 0 Å². The van der Waals surface area contributed by atoms with Gasteiger partial charge in [-0.1, -0.05) is 18.2 Å². The van der Waals surface area contributed by atoms with Crippen molar-refractivity contribution in [3.8, 4) is 0 Å². The van der Waals surface area contributed by atoms with Crippen molar-refractivity contribution >= 4 is 5.69 Å². The topological polar surface area (TPSA) is 32.7 Å². The monoisotopic (exact) mass is 275 g/mol. The van der Waals surface area contributed by atoms with Crippen molar-refractivity contribution in [3.05, 3.63) is 29.8 Å². The van der Waals surface area contributed by atoms with Gasteiger partial charge in [0.2, 0.25) is 0 Å². The van der Waals surface area contributed by atoms with Crippen LogP contribution in [0.15, 0.2) is 24.3 Å². The number of anilines is 1. The quantitative estimate of drug-likeness (QED) is 0.920. The molecule has 6 heteroatoms. The molecule has 106 valence electrons. The van der Waals surface area contributed by atoms with Crippen LogP contribution in [0.25, 0.3) is 0 Å². The van der Waals surface area contributed by atoms with Gasteiger partial charge in [0, 0.05) is 24.3 Å². The standard InChI is InChI=1S/C13H16F3NO2/c14-13(15,16)19-9-8-17-7-3-6-12(18)10-4-1-2-5-11(10)17/h1-2,4-5,12,18H,3,6-9H2. The molecule has 0 bridgehead atoms. The summed E-state index contributed by atoms with van der Waals surface area (Å²) in [5.74, 6) is 0. The average Bonchev–Trinajstić information content (AvgIpc) is 2.49. The third-order valence-corrected chi connectivity index (χ3v) is 3.17. The van der Waals surface area contributed by atoms with E-state index in [1.54, 1.807) is 0 Å². The van der Waals surface area contributed by atoms with Crippen molar-refractivity contribution in [2.45, 2.75) is 25.3 Å². The SMILES string of the molecule is OC1CCCN(CCOC(F)(F)F)c2ccccc21. The second-order valence-electron chi connectivity index (χ2n) is 4.50. The first kappa shape index (κ1) is 14.1. The van der Waals surface area contributed by atoms with Crippen LogP contribution in [-0.2, 0) is 4.74 Å². The molecule has 0 aliphatic carbocycles. The molecular weight excluding hydrogens is 259 g/mol. The van der Waals surface area contributed by atoms with Gasteiger partial charge in [-0.2, -0.15) is 0 Å². The molecule has 0 saturated heterocycles. The van der Waals surface area contributed by atoms with Crippen LogP contribution in [0.1, 0.15) is 24.5 Å². The first-order valence-corrected chi connectivity index (χ1v) is 6.20. The number of aliphatic hydroxyl groups is 1. The summed E-state index contributed by atoms with van der Waals surface area (Å²) in [6.45, 7) is 0.368. The third kappa shape index (κ3) is 3.84. The van der Waals surface area contributed by atoms with E-state index in [2.05, 4.69) is 4.74 Å². The molecule has 0 spiro atoms. The number of rotatable bonds is 3.